The number of carbonyl (C=O) groups is 1. The molecular weight excluding hydrogens is 360 g/mol. The monoisotopic (exact) mass is 384 g/mol. The fourth-order valence-electron chi connectivity index (χ4n) is 2.83. The average molecular weight is 385 g/mol. The van der Waals surface area contributed by atoms with Gasteiger partial charge < -0.3 is 14.0 Å². The number of carbonyl (C=O) groups excluding carboxylic acids is 1. The van der Waals surface area contributed by atoms with Crippen LogP contribution in [0.4, 0.5) is 0 Å². The second kappa shape index (κ2) is 7.19. The van der Waals surface area contributed by atoms with Crippen molar-refractivity contribution in [1.29, 1.82) is 0 Å². The first kappa shape index (κ1) is 19.2. The Morgan fingerprint density at radius 1 is 1.04 bits per heavy atom. The minimum Gasteiger partial charge on any atom is -0.493 e. The van der Waals surface area contributed by atoms with Gasteiger partial charge in [-0.25, -0.2) is 0 Å². The highest BCUT2D eigenvalue weighted by Crippen LogP contribution is 2.33. The molecule has 0 atom stereocenters. The maximum atomic E-state index is 12.6. The molecule has 0 aliphatic rings. The number of methoxy groups -OCH3 is 2. The molecule has 5 nitrogen and oxygen atoms in total. The normalized spacial score (nSPS) is 12.4. The average Bonchev–Trinajstić information content (AvgIpc) is 2.94. The van der Waals surface area contributed by atoms with Crippen LogP contribution in [0.25, 0.3) is 10.2 Å². The molecule has 3 rings (SSSR count). The summed E-state index contributed by atoms with van der Waals surface area (Å²) in [5.41, 5.74) is 2.75. The Bertz CT molecular complexity index is 1050. The zero-order valence-electron chi connectivity index (χ0n) is 16.5. The highest BCUT2D eigenvalue weighted by Gasteiger charge is 2.15. The number of hydrogen-bond donors (Lipinski definition) is 0. The Balaban J connectivity index is 2.02. The summed E-state index contributed by atoms with van der Waals surface area (Å²) in [5.74, 6) is 1.05. The van der Waals surface area contributed by atoms with Crippen LogP contribution >= 0.6 is 11.3 Å². The number of amides is 1. The van der Waals surface area contributed by atoms with Crippen molar-refractivity contribution in [3.63, 3.8) is 0 Å². The van der Waals surface area contributed by atoms with Crippen molar-refractivity contribution in [2.75, 3.05) is 14.2 Å². The summed E-state index contributed by atoms with van der Waals surface area (Å²) in [6.07, 6.45) is 0. The van der Waals surface area contributed by atoms with E-state index < -0.39 is 0 Å². The molecule has 0 unspecified atom stereocenters. The van der Waals surface area contributed by atoms with E-state index in [9.17, 15) is 4.79 Å². The van der Waals surface area contributed by atoms with Gasteiger partial charge in [0, 0.05) is 24.7 Å². The lowest BCUT2D eigenvalue weighted by atomic mass is 9.87. The van der Waals surface area contributed by atoms with E-state index in [0.717, 1.165) is 10.2 Å². The molecule has 1 amide bonds. The number of nitrogens with zero attached hydrogens (tertiary/aromatic N) is 2. The van der Waals surface area contributed by atoms with E-state index in [4.69, 9.17) is 9.47 Å². The van der Waals surface area contributed by atoms with Crippen molar-refractivity contribution in [1.82, 2.24) is 4.57 Å². The Morgan fingerprint density at radius 3 is 2.19 bits per heavy atom. The van der Waals surface area contributed by atoms with Crippen LogP contribution in [-0.2, 0) is 12.5 Å². The molecule has 6 heteroatoms. The van der Waals surface area contributed by atoms with Gasteiger partial charge in [-0.2, -0.15) is 4.99 Å². The van der Waals surface area contributed by atoms with Gasteiger partial charge in [0.1, 0.15) is 0 Å². The molecular formula is C21H24N2O3S. The lowest BCUT2D eigenvalue weighted by Crippen LogP contribution is -2.14. The van der Waals surface area contributed by atoms with Crippen molar-refractivity contribution in [2.45, 2.75) is 26.2 Å². The van der Waals surface area contributed by atoms with Crippen molar-refractivity contribution < 1.29 is 14.3 Å². The van der Waals surface area contributed by atoms with Gasteiger partial charge >= 0.3 is 0 Å². The molecule has 0 saturated carbocycles. The molecule has 0 N–H and O–H groups in total. The van der Waals surface area contributed by atoms with E-state index in [0.29, 0.717) is 21.9 Å². The molecule has 0 aliphatic heterocycles. The third-order valence-electron chi connectivity index (χ3n) is 4.51. The third-order valence-corrected chi connectivity index (χ3v) is 5.60. The largest absolute Gasteiger partial charge is 0.493 e. The van der Waals surface area contributed by atoms with Crippen LogP contribution in [0, 0.1) is 0 Å². The lowest BCUT2D eigenvalue weighted by molar-refractivity contribution is 0.0998. The topological polar surface area (TPSA) is 52.8 Å². The van der Waals surface area contributed by atoms with E-state index >= 15 is 0 Å². The molecule has 0 aliphatic carbocycles. The fourth-order valence-corrected chi connectivity index (χ4v) is 3.85. The molecule has 142 valence electrons. The van der Waals surface area contributed by atoms with Crippen LogP contribution in [-0.4, -0.2) is 24.7 Å². The van der Waals surface area contributed by atoms with Crippen LogP contribution < -0.4 is 14.3 Å². The molecule has 2 aromatic carbocycles. The summed E-state index contributed by atoms with van der Waals surface area (Å²) in [6.45, 7) is 6.44. The Hall–Kier alpha value is -2.60. The minimum absolute atomic E-state index is 0.0503. The highest BCUT2D eigenvalue weighted by molar-refractivity contribution is 7.16. The standard InChI is InChI=1S/C21H24N2O3S/c1-21(2,3)14-9-7-13(8-10-14)19(24)22-20-23(4)15-11-16(25-5)17(26-6)12-18(15)27-20/h7-12H,1-6H3. The second-order valence-electron chi connectivity index (χ2n) is 7.36. The number of aromatic nitrogens is 1. The molecule has 1 aromatic heterocycles. The molecule has 0 saturated heterocycles. The zero-order chi connectivity index (χ0) is 19.8. The molecule has 0 spiro atoms. The number of benzene rings is 2. The molecule has 27 heavy (non-hydrogen) atoms. The SMILES string of the molecule is COc1cc2sc(=NC(=O)c3ccc(C(C)(C)C)cc3)n(C)c2cc1OC. The van der Waals surface area contributed by atoms with Gasteiger partial charge in [-0.3, -0.25) is 4.79 Å². The molecule has 0 radical (unpaired) electrons. The number of thiazole rings is 1. The summed E-state index contributed by atoms with van der Waals surface area (Å²) in [6, 6.07) is 11.5. The van der Waals surface area contributed by atoms with Crippen molar-refractivity contribution >= 4 is 27.5 Å². The Morgan fingerprint density at radius 2 is 1.63 bits per heavy atom. The van der Waals surface area contributed by atoms with Gasteiger partial charge in [0.05, 0.1) is 24.4 Å². The first-order valence-electron chi connectivity index (χ1n) is 8.65. The summed E-state index contributed by atoms with van der Waals surface area (Å²) < 4.78 is 13.6. The van der Waals surface area contributed by atoms with E-state index in [2.05, 4.69) is 25.8 Å². The van der Waals surface area contributed by atoms with Crippen LogP contribution in [0.3, 0.4) is 0 Å². The maximum absolute atomic E-state index is 12.6. The molecule has 3 aromatic rings. The van der Waals surface area contributed by atoms with Crippen molar-refractivity contribution in [2.24, 2.45) is 12.0 Å². The first-order chi connectivity index (χ1) is 12.7. The number of aryl methyl sites for hydroxylation is 1. The third kappa shape index (κ3) is 3.76. The van der Waals surface area contributed by atoms with Gasteiger partial charge in [0.2, 0.25) is 0 Å². The maximum Gasteiger partial charge on any atom is 0.279 e. The quantitative estimate of drug-likeness (QED) is 0.677. The van der Waals surface area contributed by atoms with Crippen LogP contribution in [0.15, 0.2) is 41.4 Å². The van der Waals surface area contributed by atoms with Gasteiger partial charge in [-0.15, -0.1) is 0 Å². The van der Waals surface area contributed by atoms with Gasteiger partial charge in [-0.05, 0) is 23.1 Å². The second-order valence-corrected chi connectivity index (χ2v) is 8.37. The Kier molecular flexibility index (Phi) is 5.11. The Labute approximate surface area is 162 Å². The predicted octanol–water partition coefficient (Wildman–Crippen LogP) is 4.30. The first-order valence-corrected chi connectivity index (χ1v) is 9.47. The van der Waals surface area contributed by atoms with E-state index in [1.54, 1.807) is 14.2 Å². The van der Waals surface area contributed by atoms with Crippen molar-refractivity contribution in [3.8, 4) is 11.5 Å². The smallest absolute Gasteiger partial charge is 0.279 e. The molecule has 0 fully saturated rings. The van der Waals surface area contributed by atoms with E-state index in [1.165, 1.54) is 16.9 Å². The number of fused-ring (bicyclic) bond motifs is 1. The number of rotatable bonds is 3. The van der Waals surface area contributed by atoms with Gasteiger partial charge in [0.25, 0.3) is 5.91 Å². The summed E-state index contributed by atoms with van der Waals surface area (Å²) >= 11 is 1.44. The summed E-state index contributed by atoms with van der Waals surface area (Å²) in [5, 5.41) is 0. The number of hydrogen-bond acceptors (Lipinski definition) is 4. The molecule has 0 bridgehead atoms. The van der Waals surface area contributed by atoms with E-state index in [1.807, 2.05) is 48.0 Å². The van der Waals surface area contributed by atoms with Gasteiger partial charge in [0.15, 0.2) is 16.3 Å². The van der Waals surface area contributed by atoms with E-state index in [-0.39, 0.29) is 11.3 Å². The van der Waals surface area contributed by atoms with Crippen LogP contribution in [0.2, 0.25) is 0 Å². The minimum atomic E-state index is -0.253. The van der Waals surface area contributed by atoms with Crippen LogP contribution in [0.1, 0.15) is 36.7 Å². The summed E-state index contributed by atoms with van der Waals surface area (Å²) in [4.78, 5) is 17.6. The predicted molar refractivity (Wildman–Crippen MR) is 109 cm³/mol. The van der Waals surface area contributed by atoms with Crippen molar-refractivity contribution in [3.05, 3.63) is 52.3 Å². The van der Waals surface area contributed by atoms with Crippen LogP contribution in [0.5, 0.6) is 11.5 Å². The zero-order valence-corrected chi connectivity index (χ0v) is 17.3. The number of ether oxygens (including phenoxy) is 2. The molecule has 1 heterocycles. The highest BCUT2D eigenvalue weighted by atomic mass is 32.1. The fraction of sp³-hybridized carbons (Fsp3) is 0.333. The van der Waals surface area contributed by atoms with Gasteiger partial charge in [-0.1, -0.05) is 44.2 Å². The summed E-state index contributed by atoms with van der Waals surface area (Å²) in [7, 11) is 5.10. The lowest BCUT2D eigenvalue weighted by Gasteiger charge is -2.18.